The minimum Gasteiger partial charge on any atom is -0.460 e. The molecule has 1 heterocycles. The lowest BCUT2D eigenvalue weighted by Crippen LogP contribution is -2.24. The van der Waals surface area contributed by atoms with Gasteiger partial charge in [-0.05, 0) is 12.5 Å². The number of rotatable bonds is 3. The average Bonchev–Trinajstić information content (AvgIpc) is 3.07. The molecule has 110 valence electrons. The zero-order chi connectivity index (χ0) is 15.2. The second-order valence-corrected chi connectivity index (χ2v) is 6.63. The van der Waals surface area contributed by atoms with Crippen LogP contribution >= 0.6 is 23.2 Å². The number of hydrogen-bond donors (Lipinski definition) is 0. The molecule has 0 radical (unpaired) electrons. The van der Waals surface area contributed by atoms with Gasteiger partial charge in [-0.3, -0.25) is 4.79 Å². The average molecular weight is 327 g/mol. The van der Waals surface area contributed by atoms with Crippen LogP contribution in [0.2, 0.25) is 0 Å². The Morgan fingerprint density at radius 3 is 2.67 bits per heavy atom. The molecule has 2 aromatic rings. The Kier molecular flexibility index (Phi) is 3.42. The SMILES string of the molecule is Cn1nc(C(=O)OC[C@@H]2CC2(Cl)Cl)c2ccccc2c1=O. The van der Waals surface area contributed by atoms with Gasteiger partial charge in [0.05, 0.1) is 12.0 Å². The molecule has 0 aliphatic heterocycles. The number of ether oxygens (including phenoxy) is 1. The van der Waals surface area contributed by atoms with Gasteiger partial charge < -0.3 is 4.74 Å². The van der Waals surface area contributed by atoms with Crippen LogP contribution in [0, 0.1) is 5.92 Å². The molecule has 0 amide bonds. The van der Waals surface area contributed by atoms with Gasteiger partial charge in [0.25, 0.3) is 5.56 Å². The third-order valence-corrected chi connectivity index (χ3v) is 4.45. The molecule has 1 saturated carbocycles. The number of fused-ring (bicyclic) bond motifs is 1. The second-order valence-electron chi connectivity index (χ2n) is 5.08. The van der Waals surface area contributed by atoms with Crippen molar-refractivity contribution in [3.63, 3.8) is 0 Å². The summed E-state index contributed by atoms with van der Waals surface area (Å²) in [5.74, 6) is -0.638. The lowest BCUT2D eigenvalue weighted by Gasteiger charge is -2.08. The van der Waals surface area contributed by atoms with Crippen molar-refractivity contribution in [1.82, 2.24) is 9.78 Å². The number of halogens is 2. The van der Waals surface area contributed by atoms with Crippen LogP contribution in [0.1, 0.15) is 16.9 Å². The van der Waals surface area contributed by atoms with Gasteiger partial charge in [-0.1, -0.05) is 18.2 Å². The van der Waals surface area contributed by atoms with Crippen LogP contribution in [0.3, 0.4) is 0 Å². The van der Waals surface area contributed by atoms with Crippen LogP contribution < -0.4 is 5.56 Å². The van der Waals surface area contributed by atoms with Crippen LogP contribution in [-0.4, -0.2) is 26.7 Å². The molecule has 3 rings (SSSR count). The normalized spacial score (nSPS) is 19.5. The van der Waals surface area contributed by atoms with Gasteiger partial charge in [-0.2, -0.15) is 5.10 Å². The second kappa shape index (κ2) is 5.00. The Balaban J connectivity index is 1.91. The molecule has 5 nitrogen and oxygen atoms in total. The van der Waals surface area contributed by atoms with E-state index < -0.39 is 10.3 Å². The van der Waals surface area contributed by atoms with Crippen molar-refractivity contribution in [3.05, 3.63) is 40.3 Å². The maximum absolute atomic E-state index is 12.2. The highest BCUT2D eigenvalue weighted by Gasteiger charge is 2.52. The van der Waals surface area contributed by atoms with Crippen LogP contribution in [0.25, 0.3) is 10.8 Å². The van der Waals surface area contributed by atoms with E-state index in [2.05, 4.69) is 5.10 Å². The zero-order valence-electron chi connectivity index (χ0n) is 11.2. The number of alkyl halides is 2. The summed E-state index contributed by atoms with van der Waals surface area (Å²) in [6.07, 6.45) is 0.602. The number of aryl methyl sites for hydroxylation is 1. The summed E-state index contributed by atoms with van der Waals surface area (Å²) < 4.78 is 5.54. The Bertz CT molecular complexity index is 785. The van der Waals surface area contributed by atoms with Gasteiger partial charge in [0.2, 0.25) is 0 Å². The molecule has 0 saturated heterocycles. The number of carbonyl (C=O) groups excluding carboxylic acids is 1. The van der Waals surface area contributed by atoms with E-state index in [0.717, 1.165) is 4.68 Å². The number of nitrogens with zero attached hydrogens (tertiary/aromatic N) is 2. The highest BCUT2D eigenvalue weighted by Crippen LogP contribution is 2.53. The van der Waals surface area contributed by atoms with E-state index in [1.165, 1.54) is 7.05 Å². The number of benzene rings is 1. The third-order valence-electron chi connectivity index (χ3n) is 3.52. The first kappa shape index (κ1) is 14.4. The standard InChI is InChI=1S/C14H12Cl2N2O3/c1-18-12(19)10-5-3-2-4-9(10)11(17-18)13(20)21-7-8-6-14(8,15)16/h2-5,8H,6-7H2,1H3/t8-/m0/s1. The van der Waals surface area contributed by atoms with E-state index >= 15 is 0 Å². The van der Waals surface area contributed by atoms with E-state index in [-0.39, 0.29) is 23.8 Å². The first-order valence-corrected chi connectivity index (χ1v) is 7.17. The predicted molar refractivity (Wildman–Crippen MR) is 79.8 cm³/mol. The lowest BCUT2D eigenvalue weighted by molar-refractivity contribution is 0.0478. The molecule has 7 heteroatoms. The summed E-state index contributed by atoms with van der Waals surface area (Å²) in [5, 5.41) is 4.90. The summed E-state index contributed by atoms with van der Waals surface area (Å²) in [4.78, 5) is 24.2. The van der Waals surface area contributed by atoms with Gasteiger partial charge in [0, 0.05) is 18.4 Å². The number of carbonyl (C=O) groups is 1. The molecular formula is C14H12Cl2N2O3. The van der Waals surface area contributed by atoms with Crippen molar-refractivity contribution in [3.8, 4) is 0 Å². The van der Waals surface area contributed by atoms with Gasteiger partial charge in [-0.15, -0.1) is 23.2 Å². The van der Waals surface area contributed by atoms with Crippen molar-refractivity contribution in [2.45, 2.75) is 10.8 Å². The highest BCUT2D eigenvalue weighted by molar-refractivity contribution is 6.50. The van der Waals surface area contributed by atoms with Gasteiger partial charge in [0.15, 0.2) is 5.69 Å². The molecule has 21 heavy (non-hydrogen) atoms. The minimum absolute atomic E-state index is 0.0522. The fourth-order valence-electron chi connectivity index (χ4n) is 2.15. The van der Waals surface area contributed by atoms with Crippen LogP contribution in [0.5, 0.6) is 0 Å². The van der Waals surface area contributed by atoms with Crippen LogP contribution in [0.4, 0.5) is 0 Å². The highest BCUT2D eigenvalue weighted by atomic mass is 35.5. The molecule has 1 aliphatic carbocycles. The molecule has 1 aliphatic rings. The van der Waals surface area contributed by atoms with Crippen molar-refractivity contribution < 1.29 is 9.53 Å². The van der Waals surface area contributed by atoms with Gasteiger partial charge >= 0.3 is 5.97 Å². The fourth-order valence-corrected chi connectivity index (χ4v) is 2.64. The molecule has 1 atom stereocenters. The fraction of sp³-hybridized carbons (Fsp3) is 0.357. The summed E-state index contributed by atoms with van der Waals surface area (Å²) in [6, 6.07) is 6.80. The predicted octanol–water partition coefficient (Wildman–Crippen LogP) is 2.28. The number of esters is 1. The Hall–Kier alpha value is -1.59. The molecule has 1 fully saturated rings. The first-order valence-electron chi connectivity index (χ1n) is 6.41. The first-order chi connectivity index (χ1) is 9.90. The van der Waals surface area contributed by atoms with Crippen molar-refractivity contribution in [2.24, 2.45) is 13.0 Å². The van der Waals surface area contributed by atoms with E-state index in [9.17, 15) is 9.59 Å². The Labute approximate surface area is 130 Å². The topological polar surface area (TPSA) is 61.2 Å². The maximum atomic E-state index is 12.2. The Morgan fingerprint density at radius 1 is 1.43 bits per heavy atom. The van der Waals surface area contributed by atoms with E-state index in [4.69, 9.17) is 27.9 Å². The molecule has 0 bridgehead atoms. The Morgan fingerprint density at radius 2 is 2.05 bits per heavy atom. The van der Waals surface area contributed by atoms with Crippen molar-refractivity contribution >= 4 is 39.9 Å². The van der Waals surface area contributed by atoms with E-state index in [0.29, 0.717) is 17.2 Å². The minimum atomic E-state index is -0.792. The summed E-state index contributed by atoms with van der Waals surface area (Å²) in [6.45, 7) is 0.144. The molecule has 0 spiro atoms. The number of aromatic nitrogens is 2. The third kappa shape index (κ3) is 2.63. The molecule has 1 aromatic carbocycles. The summed E-state index contributed by atoms with van der Waals surface area (Å²) >= 11 is 11.8. The maximum Gasteiger partial charge on any atom is 0.359 e. The van der Waals surface area contributed by atoms with Gasteiger partial charge in [0.1, 0.15) is 4.33 Å². The smallest absolute Gasteiger partial charge is 0.359 e. The number of hydrogen-bond acceptors (Lipinski definition) is 4. The molecule has 1 aromatic heterocycles. The zero-order valence-corrected chi connectivity index (χ0v) is 12.7. The molecule has 0 N–H and O–H groups in total. The van der Waals surface area contributed by atoms with Crippen LogP contribution in [0.15, 0.2) is 29.1 Å². The lowest BCUT2D eigenvalue weighted by atomic mass is 10.1. The monoisotopic (exact) mass is 326 g/mol. The van der Waals surface area contributed by atoms with E-state index in [1.807, 2.05) is 0 Å². The molecular weight excluding hydrogens is 315 g/mol. The van der Waals surface area contributed by atoms with Crippen molar-refractivity contribution in [2.75, 3.05) is 6.61 Å². The summed E-state index contributed by atoms with van der Waals surface area (Å²) in [5.41, 5.74) is -0.145. The van der Waals surface area contributed by atoms with Crippen LogP contribution in [-0.2, 0) is 11.8 Å². The van der Waals surface area contributed by atoms with Gasteiger partial charge in [-0.25, -0.2) is 9.48 Å². The largest absolute Gasteiger partial charge is 0.460 e. The quantitative estimate of drug-likeness (QED) is 0.641. The molecule has 0 unspecified atom stereocenters. The summed E-state index contributed by atoms with van der Waals surface area (Å²) in [7, 11) is 1.50. The van der Waals surface area contributed by atoms with E-state index in [1.54, 1.807) is 24.3 Å². The van der Waals surface area contributed by atoms with Crippen molar-refractivity contribution in [1.29, 1.82) is 0 Å².